The minimum Gasteiger partial charge on any atom is -0.203 e. The van der Waals surface area contributed by atoms with Crippen molar-refractivity contribution >= 4 is 77.3 Å². The van der Waals surface area contributed by atoms with E-state index in [0.717, 1.165) is 19.3 Å². The highest BCUT2D eigenvalue weighted by atomic mass is 79.9. The Hall–Kier alpha value is -0.740. The first-order valence-corrected chi connectivity index (χ1v) is 10.2. The normalized spacial score (nSPS) is 11.5. The molecule has 0 amide bonds. The van der Waals surface area contributed by atoms with Crippen molar-refractivity contribution in [1.29, 1.82) is 0 Å². The second-order valence-electron chi connectivity index (χ2n) is 4.55. The van der Waals surface area contributed by atoms with Crippen LogP contribution in [-0.2, 0) is 0 Å². The summed E-state index contributed by atoms with van der Waals surface area (Å²) in [5.41, 5.74) is 1.12. The van der Waals surface area contributed by atoms with Gasteiger partial charge in [-0.2, -0.15) is 8.75 Å². The van der Waals surface area contributed by atoms with E-state index in [1.807, 2.05) is 0 Å². The molecule has 0 saturated carbocycles. The monoisotopic (exact) mass is 492 g/mol. The molecular formula is C14H4Br2F2N2S3. The van der Waals surface area contributed by atoms with Gasteiger partial charge in [0, 0.05) is 9.75 Å². The third kappa shape index (κ3) is 2.58. The summed E-state index contributed by atoms with van der Waals surface area (Å²) < 4.78 is 39.7. The summed E-state index contributed by atoms with van der Waals surface area (Å²) in [5.74, 6) is -1.78. The lowest BCUT2D eigenvalue weighted by Crippen LogP contribution is -1.95. The molecule has 2 nitrogen and oxygen atoms in total. The van der Waals surface area contributed by atoms with Gasteiger partial charge in [-0.05, 0) is 56.1 Å². The standard InChI is InChI=1S/C14H4Br2F2N2S3/c15-7-3-1-5(21-7)9-11(17)12(18)10(6-2-4-8(16)22-6)14-13(9)19-23-20-14/h1-4H. The van der Waals surface area contributed by atoms with E-state index in [1.165, 1.54) is 22.7 Å². The maximum absolute atomic E-state index is 14.8. The lowest BCUT2D eigenvalue weighted by atomic mass is 10.0. The van der Waals surface area contributed by atoms with Gasteiger partial charge in [0.2, 0.25) is 0 Å². The Morgan fingerprint density at radius 2 is 1.17 bits per heavy atom. The average molecular weight is 494 g/mol. The van der Waals surface area contributed by atoms with Gasteiger partial charge in [0.1, 0.15) is 11.0 Å². The summed E-state index contributed by atoms with van der Waals surface area (Å²) in [6, 6.07) is 7.08. The second-order valence-corrected chi connectivity index (χ2v) is 10.0. The first-order chi connectivity index (χ1) is 11.1. The number of fused-ring (bicyclic) bond motifs is 1. The highest BCUT2D eigenvalue weighted by Crippen LogP contribution is 2.44. The molecule has 0 N–H and O–H groups in total. The fraction of sp³-hybridized carbons (Fsp3) is 0. The van der Waals surface area contributed by atoms with E-state index in [4.69, 9.17) is 0 Å². The molecule has 0 bridgehead atoms. The lowest BCUT2D eigenvalue weighted by Gasteiger charge is -2.07. The number of halogens is 4. The molecule has 0 atom stereocenters. The molecule has 0 aliphatic carbocycles. The first-order valence-electron chi connectivity index (χ1n) is 6.21. The summed E-state index contributed by atoms with van der Waals surface area (Å²) in [4.78, 5) is 1.23. The summed E-state index contributed by atoms with van der Waals surface area (Å²) in [7, 11) is 0. The van der Waals surface area contributed by atoms with Gasteiger partial charge >= 0.3 is 0 Å². The van der Waals surface area contributed by atoms with Crippen LogP contribution in [0.3, 0.4) is 0 Å². The fourth-order valence-corrected chi connectivity index (χ4v) is 5.70. The molecule has 3 heterocycles. The van der Waals surface area contributed by atoms with Gasteiger partial charge in [0.05, 0.1) is 30.4 Å². The summed E-state index contributed by atoms with van der Waals surface area (Å²) in [5, 5.41) is 0. The average Bonchev–Trinajstić information content (AvgIpc) is 3.23. The molecule has 9 heteroatoms. The third-order valence-electron chi connectivity index (χ3n) is 3.23. The molecule has 116 valence electrons. The molecule has 0 unspecified atom stereocenters. The van der Waals surface area contributed by atoms with Crippen LogP contribution in [-0.4, -0.2) is 8.75 Å². The number of benzene rings is 1. The molecular weight excluding hydrogens is 490 g/mol. The molecule has 3 aromatic heterocycles. The zero-order valence-electron chi connectivity index (χ0n) is 10.9. The van der Waals surface area contributed by atoms with Crippen LogP contribution in [0, 0.1) is 11.6 Å². The van der Waals surface area contributed by atoms with Gasteiger partial charge in [0.15, 0.2) is 11.6 Å². The quantitative estimate of drug-likeness (QED) is 0.302. The van der Waals surface area contributed by atoms with Gasteiger partial charge in [-0.1, -0.05) is 0 Å². The largest absolute Gasteiger partial charge is 0.203 e. The Morgan fingerprint density at radius 3 is 1.52 bits per heavy atom. The number of aromatic nitrogens is 2. The Kier molecular flexibility index (Phi) is 4.09. The van der Waals surface area contributed by atoms with Crippen LogP contribution in [0.5, 0.6) is 0 Å². The molecule has 4 aromatic rings. The van der Waals surface area contributed by atoms with Crippen molar-refractivity contribution in [2.45, 2.75) is 0 Å². The predicted octanol–water partition coefficient (Wildman–Crippen LogP) is 6.95. The van der Waals surface area contributed by atoms with Gasteiger partial charge in [-0.25, -0.2) is 8.78 Å². The van der Waals surface area contributed by atoms with Crippen molar-refractivity contribution in [2.24, 2.45) is 0 Å². The van der Waals surface area contributed by atoms with Crippen LogP contribution < -0.4 is 0 Å². The van der Waals surface area contributed by atoms with Crippen LogP contribution >= 0.6 is 66.3 Å². The number of rotatable bonds is 2. The van der Waals surface area contributed by atoms with E-state index < -0.39 is 11.6 Å². The highest BCUT2D eigenvalue weighted by molar-refractivity contribution is 9.11. The van der Waals surface area contributed by atoms with Gasteiger partial charge in [-0.3, -0.25) is 0 Å². The molecule has 1 aromatic carbocycles. The molecule has 0 aliphatic rings. The third-order valence-corrected chi connectivity index (χ3v) is 7.04. The molecule has 23 heavy (non-hydrogen) atoms. The molecule has 0 spiro atoms. The number of hydrogen-bond acceptors (Lipinski definition) is 5. The van der Waals surface area contributed by atoms with Crippen LogP contribution in [0.1, 0.15) is 0 Å². The van der Waals surface area contributed by atoms with E-state index in [1.54, 1.807) is 24.3 Å². The topological polar surface area (TPSA) is 25.8 Å². The maximum atomic E-state index is 14.8. The smallest absolute Gasteiger partial charge is 0.170 e. The zero-order chi connectivity index (χ0) is 16.1. The number of nitrogens with zero attached hydrogens (tertiary/aromatic N) is 2. The summed E-state index contributed by atoms with van der Waals surface area (Å²) in [6.07, 6.45) is 0. The maximum Gasteiger partial charge on any atom is 0.170 e. The Labute approximate surface area is 158 Å². The minimum atomic E-state index is -0.890. The van der Waals surface area contributed by atoms with Crippen LogP contribution in [0.15, 0.2) is 31.8 Å². The van der Waals surface area contributed by atoms with Crippen molar-refractivity contribution in [3.63, 3.8) is 0 Å². The van der Waals surface area contributed by atoms with Gasteiger partial charge < -0.3 is 0 Å². The Morgan fingerprint density at radius 1 is 0.739 bits per heavy atom. The SMILES string of the molecule is Fc1c(F)c(-c2ccc(Br)s2)c2nsnc2c1-c1ccc(Br)s1. The predicted molar refractivity (Wildman–Crippen MR) is 99.4 cm³/mol. The fourth-order valence-electron chi connectivity index (χ4n) is 2.29. The van der Waals surface area contributed by atoms with Gasteiger partial charge in [0.25, 0.3) is 0 Å². The van der Waals surface area contributed by atoms with E-state index >= 15 is 0 Å². The van der Waals surface area contributed by atoms with E-state index in [9.17, 15) is 8.78 Å². The van der Waals surface area contributed by atoms with E-state index in [2.05, 4.69) is 40.6 Å². The zero-order valence-corrected chi connectivity index (χ0v) is 16.6. The molecule has 0 radical (unpaired) electrons. The van der Waals surface area contributed by atoms with Gasteiger partial charge in [-0.15, -0.1) is 22.7 Å². The molecule has 0 saturated heterocycles. The van der Waals surface area contributed by atoms with Crippen molar-refractivity contribution in [3.05, 3.63) is 43.5 Å². The van der Waals surface area contributed by atoms with Crippen LogP contribution in [0.4, 0.5) is 8.78 Å². The van der Waals surface area contributed by atoms with Crippen molar-refractivity contribution in [3.8, 4) is 20.9 Å². The summed E-state index contributed by atoms with van der Waals surface area (Å²) in [6.45, 7) is 0. The van der Waals surface area contributed by atoms with Crippen molar-refractivity contribution in [1.82, 2.24) is 8.75 Å². The van der Waals surface area contributed by atoms with Crippen LogP contribution in [0.2, 0.25) is 0 Å². The minimum absolute atomic E-state index is 0.168. The second kappa shape index (κ2) is 5.96. The summed E-state index contributed by atoms with van der Waals surface area (Å²) >= 11 is 10.3. The number of hydrogen-bond donors (Lipinski definition) is 0. The lowest BCUT2D eigenvalue weighted by molar-refractivity contribution is 0.516. The molecule has 0 aliphatic heterocycles. The number of thiophene rings is 2. The Bertz CT molecular complexity index is 958. The van der Waals surface area contributed by atoms with E-state index in [-0.39, 0.29) is 11.1 Å². The van der Waals surface area contributed by atoms with Crippen molar-refractivity contribution in [2.75, 3.05) is 0 Å². The molecule has 0 fully saturated rings. The first kappa shape index (κ1) is 15.8. The van der Waals surface area contributed by atoms with E-state index in [0.29, 0.717) is 20.8 Å². The van der Waals surface area contributed by atoms with Crippen LogP contribution in [0.25, 0.3) is 31.9 Å². The Balaban J connectivity index is 2.09. The molecule has 4 rings (SSSR count). The van der Waals surface area contributed by atoms with Crippen molar-refractivity contribution < 1.29 is 8.78 Å². The highest BCUT2D eigenvalue weighted by Gasteiger charge is 2.26.